The maximum Gasteiger partial charge on any atom is 0.338 e. The van der Waals surface area contributed by atoms with Gasteiger partial charge in [-0.2, -0.15) is 0 Å². The van der Waals surface area contributed by atoms with Crippen molar-refractivity contribution in [2.24, 2.45) is 4.99 Å². The summed E-state index contributed by atoms with van der Waals surface area (Å²) >= 11 is 1.15. The van der Waals surface area contributed by atoms with E-state index in [0.29, 0.717) is 38.5 Å². The molecule has 0 fully saturated rings. The van der Waals surface area contributed by atoms with E-state index in [9.17, 15) is 14.4 Å². The summed E-state index contributed by atoms with van der Waals surface area (Å²) in [7, 11) is 3.27. The van der Waals surface area contributed by atoms with Crippen LogP contribution in [0.3, 0.4) is 0 Å². The Balaban J connectivity index is 1.71. The molecule has 3 aromatic carbocycles. The molecule has 9 heteroatoms. The zero-order valence-electron chi connectivity index (χ0n) is 22.1. The summed E-state index contributed by atoms with van der Waals surface area (Å²) in [6.45, 7) is 1.89. The molecule has 0 N–H and O–H groups in total. The predicted octanol–water partition coefficient (Wildman–Crippen LogP) is 3.29. The van der Waals surface area contributed by atoms with Gasteiger partial charge in [0.05, 0.1) is 42.3 Å². The Morgan fingerprint density at radius 2 is 1.68 bits per heavy atom. The first-order chi connectivity index (χ1) is 19.4. The molecule has 0 bridgehead atoms. The number of nitrogens with zero attached hydrogens (tertiary/aromatic N) is 3. The van der Waals surface area contributed by atoms with Crippen LogP contribution in [0.2, 0.25) is 0 Å². The van der Waals surface area contributed by atoms with Crippen LogP contribution in [0.4, 0.5) is 5.69 Å². The highest BCUT2D eigenvalue weighted by Crippen LogP contribution is 2.37. The standard InChI is InChI=1S/C31H25N3O5S/c1-4-39-30(37)24-25(18-10-6-5-7-11-18)32-31-34(26(24)19-14-16-20(38-3)17-15-19)29(36)27(40-31)23-21-12-8-9-13-22(21)33(2)28(23)35/h5-17,26H,4H2,1-3H3/b27-23-/t26-/m0/s1. The third kappa shape index (κ3) is 3.97. The molecule has 1 aromatic heterocycles. The molecule has 2 aliphatic rings. The molecule has 3 heterocycles. The third-order valence-electron chi connectivity index (χ3n) is 7.06. The first-order valence-corrected chi connectivity index (χ1v) is 13.6. The lowest BCUT2D eigenvalue weighted by atomic mass is 9.93. The van der Waals surface area contributed by atoms with Crippen LogP contribution >= 0.6 is 11.3 Å². The van der Waals surface area contributed by atoms with E-state index < -0.39 is 17.6 Å². The number of benzene rings is 3. The van der Waals surface area contributed by atoms with Gasteiger partial charge in [0.15, 0.2) is 4.80 Å². The lowest BCUT2D eigenvalue weighted by Gasteiger charge is -2.26. The zero-order valence-corrected chi connectivity index (χ0v) is 22.9. The van der Waals surface area contributed by atoms with E-state index in [1.165, 1.54) is 4.57 Å². The summed E-state index contributed by atoms with van der Waals surface area (Å²) in [5.74, 6) is -0.189. The molecule has 0 aliphatic carbocycles. The smallest absolute Gasteiger partial charge is 0.338 e. The molecule has 2 aliphatic heterocycles. The van der Waals surface area contributed by atoms with Crippen molar-refractivity contribution in [1.82, 2.24) is 4.57 Å². The summed E-state index contributed by atoms with van der Waals surface area (Å²) in [6, 6.07) is 23.1. The number of fused-ring (bicyclic) bond motifs is 2. The first-order valence-electron chi connectivity index (χ1n) is 12.8. The second-order valence-electron chi connectivity index (χ2n) is 9.28. The van der Waals surface area contributed by atoms with Crippen LogP contribution < -0.4 is 24.5 Å². The Morgan fingerprint density at radius 1 is 0.975 bits per heavy atom. The number of thiazole rings is 1. The fourth-order valence-corrected chi connectivity index (χ4v) is 6.27. The van der Waals surface area contributed by atoms with Gasteiger partial charge in [0.25, 0.3) is 11.5 Å². The molecule has 0 spiro atoms. The van der Waals surface area contributed by atoms with Gasteiger partial charge in [-0.05, 0) is 30.7 Å². The fraction of sp³-hybridized carbons (Fsp3) is 0.161. The Morgan fingerprint density at radius 3 is 2.38 bits per heavy atom. The second-order valence-corrected chi connectivity index (χ2v) is 10.3. The van der Waals surface area contributed by atoms with Gasteiger partial charge >= 0.3 is 5.97 Å². The molecular formula is C31H25N3O5S. The number of amides is 1. The van der Waals surface area contributed by atoms with Crippen molar-refractivity contribution in [3.8, 4) is 5.75 Å². The van der Waals surface area contributed by atoms with E-state index in [4.69, 9.17) is 14.5 Å². The number of hydrogen-bond donors (Lipinski definition) is 0. The SMILES string of the molecule is CCOC(=O)C1=C(c2ccccc2)N=c2s/c(=C3\C(=O)N(C)c4ccccc43)c(=O)n2[C@H]1c1ccc(OC)cc1. The minimum Gasteiger partial charge on any atom is -0.497 e. The van der Waals surface area contributed by atoms with Crippen LogP contribution in [0, 0.1) is 0 Å². The van der Waals surface area contributed by atoms with Gasteiger partial charge < -0.3 is 14.4 Å². The number of carbonyl (C=O) groups is 2. The van der Waals surface area contributed by atoms with E-state index in [1.807, 2.05) is 66.7 Å². The molecule has 1 amide bonds. The van der Waals surface area contributed by atoms with E-state index in [0.717, 1.165) is 17.0 Å². The van der Waals surface area contributed by atoms with E-state index >= 15 is 0 Å². The van der Waals surface area contributed by atoms with E-state index in [2.05, 4.69) is 0 Å². The molecular weight excluding hydrogens is 526 g/mol. The number of aromatic nitrogens is 1. The van der Waals surface area contributed by atoms with Crippen LogP contribution in [-0.2, 0) is 14.3 Å². The van der Waals surface area contributed by atoms with Crippen LogP contribution in [0.25, 0.3) is 11.3 Å². The number of para-hydroxylation sites is 1. The van der Waals surface area contributed by atoms with Crippen LogP contribution in [0.1, 0.15) is 29.7 Å². The first kappa shape index (κ1) is 25.5. The Kier molecular flexibility index (Phi) is 6.43. The summed E-state index contributed by atoms with van der Waals surface area (Å²) in [6.07, 6.45) is 0. The van der Waals surface area contributed by atoms with Crippen molar-refractivity contribution in [3.63, 3.8) is 0 Å². The summed E-state index contributed by atoms with van der Waals surface area (Å²) in [5, 5.41) is 0. The van der Waals surface area contributed by atoms with Crippen molar-refractivity contribution < 1.29 is 19.1 Å². The number of esters is 1. The fourth-order valence-electron chi connectivity index (χ4n) is 5.18. The largest absolute Gasteiger partial charge is 0.497 e. The molecule has 8 nitrogen and oxygen atoms in total. The highest BCUT2D eigenvalue weighted by Gasteiger charge is 2.37. The normalized spacial score (nSPS) is 17.3. The lowest BCUT2D eigenvalue weighted by molar-refractivity contribution is -0.138. The van der Waals surface area contributed by atoms with E-state index in [1.54, 1.807) is 38.1 Å². The number of methoxy groups -OCH3 is 1. The van der Waals surface area contributed by atoms with E-state index in [-0.39, 0.29) is 22.6 Å². The van der Waals surface area contributed by atoms with Crippen LogP contribution in [-0.4, -0.2) is 37.2 Å². The molecule has 0 unspecified atom stereocenters. The molecule has 6 rings (SSSR count). The summed E-state index contributed by atoms with van der Waals surface area (Å²) in [5.41, 5.74) is 3.42. The van der Waals surface area contributed by atoms with Crippen molar-refractivity contribution in [2.75, 3.05) is 25.7 Å². The monoisotopic (exact) mass is 551 g/mol. The zero-order chi connectivity index (χ0) is 28.0. The van der Waals surface area contributed by atoms with Crippen molar-refractivity contribution in [3.05, 3.63) is 121 Å². The molecule has 1 atom stereocenters. The van der Waals surface area contributed by atoms with Gasteiger partial charge in [-0.3, -0.25) is 14.2 Å². The second kappa shape index (κ2) is 10.1. The quantitative estimate of drug-likeness (QED) is 0.355. The third-order valence-corrected chi connectivity index (χ3v) is 8.11. The number of likely N-dealkylation sites (N-methyl/N-ethyl adjacent to an activating group) is 1. The molecule has 200 valence electrons. The van der Waals surface area contributed by atoms with Crippen LogP contribution in [0.15, 0.2) is 94.2 Å². The van der Waals surface area contributed by atoms with Gasteiger partial charge in [0, 0.05) is 18.2 Å². The maximum absolute atomic E-state index is 14.3. The minimum atomic E-state index is -0.838. The van der Waals surface area contributed by atoms with Gasteiger partial charge in [-0.25, -0.2) is 9.79 Å². The molecule has 0 saturated heterocycles. The maximum atomic E-state index is 14.3. The van der Waals surface area contributed by atoms with Crippen molar-refractivity contribution >= 4 is 40.2 Å². The number of rotatable bonds is 5. The van der Waals surface area contributed by atoms with Crippen molar-refractivity contribution in [1.29, 1.82) is 0 Å². The average Bonchev–Trinajstić information content (AvgIpc) is 3.44. The summed E-state index contributed by atoms with van der Waals surface area (Å²) in [4.78, 5) is 48.1. The highest BCUT2D eigenvalue weighted by atomic mass is 32.1. The van der Waals surface area contributed by atoms with Gasteiger partial charge in [0.2, 0.25) is 0 Å². The summed E-state index contributed by atoms with van der Waals surface area (Å²) < 4.78 is 12.6. The molecule has 4 aromatic rings. The molecule has 0 radical (unpaired) electrons. The number of ether oxygens (including phenoxy) is 2. The Bertz CT molecular complexity index is 1870. The molecule has 0 saturated carbocycles. The number of hydrogen-bond acceptors (Lipinski definition) is 7. The van der Waals surface area contributed by atoms with Crippen LogP contribution in [0.5, 0.6) is 5.75 Å². The Hall–Kier alpha value is -4.76. The van der Waals surface area contributed by atoms with Gasteiger partial charge in [-0.1, -0.05) is 72.0 Å². The number of carbonyl (C=O) groups excluding carboxylic acids is 2. The topological polar surface area (TPSA) is 90.2 Å². The van der Waals surface area contributed by atoms with Gasteiger partial charge in [0.1, 0.15) is 10.3 Å². The number of anilines is 1. The van der Waals surface area contributed by atoms with Crippen molar-refractivity contribution in [2.45, 2.75) is 13.0 Å². The average molecular weight is 552 g/mol. The molecule has 40 heavy (non-hydrogen) atoms. The predicted molar refractivity (Wildman–Crippen MR) is 153 cm³/mol. The minimum absolute atomic E-state index is 0.159. The Labute approximate surface area is 233 Å². The highest BCUT2D eigenvalue weighted by molar-refractivity contribution is 7.07. The van der Waals surface area contributed by atoms with Gasteiger partial charge in [-0.15, -0.1) is 0 Å². The lowest BCUT2D eigenvalue weighted by Crippen LogP contribution is -2.40.